The number of amides is 1. The Labute approximate surface area is 173 Å². The van der Waals surface area contributed by atoms with Crippen molar-refractivity contribution in [1.29, 1.82) is 0 Å². The molecule has 2 aromatic carbocycles. The third-order valence-electron chi connectivity index (χ3n) is 4.22. The van der Waals surface area contributed by atoms with Crippen LogP contribution >= 0.6 is 23.4 Å². The lowest BCUT2D eigenvalue weighted by atomic mass is 10.1. The first kappa shape index (κ1) is 20.5. The first-order valence-electron chi connectivity index (χ1n) is 8.80. The van der Waals surface area contributed by atoms with Gasteiger partial charge in [0.15, 0.2) is 0 Å². The second-order valence-electron chi connectivity index (χ2n) is 6.11. The zero-order valence-electron chi connectivity index (χ0n) is 15.4. The largest absolute Gasteiger partial charge is 0.465 e. The third kappa shape index (κ3) is 5.41. The van der Waals surface area contributed by atoms with E-state index in [2.05, 4.69) is 10.2 Å². The van der Waals surface area contributed by atoms with Crippen LogP contribution in [0.5, 0.6) is 0 Å². The van der Waals surface area contributed by atoms with Crippen molar-refractivity contribution < 1.29 is 19.1 Å². The first-order valence-corrected chi connectivity index (χ1v) is 10.2. The highest BCUT2D eigenvalue weighted by Crippen LogP contribution is 2.27. The Morgan fingerprint density at radius 2 is 1.89 bits per heavy atom. The summed E-state index contributed by atoms with van der Waals surface area (Å²) in [5.41, 5.74) is 1.76. The van der Waals surface area contributed by atoms with Gasteiger partial charge in [-0.3, -0.25) is 4.79 Å². The SMILES string of the molecule is COC(=O)c1cc(NC(=O)CSc2ccc(Cl)cc2)ccc1N1CCOCC1. The number of thioether (sulfide) groups is 1. The quantitative estimate of drug-likeness (QED) is 0.567. The molecule has 0 radical (unpaired) electrons. The summed E-state index contributed by atoms with van der Waals surface area (Å²) in [5, 5.41) is 3.49. The second-order valence-corrected chi connectivity index (χ2v) is 7.60. The van der Waals surface area contributed by atoms with Crippen molar-refractivity contribution >= 4 is 46.6 Å². The minimum atomic E-state index is -0.437. The van der Waals surface area contributed by atoms with Gasteiger partial charge in [-0.15, -0.1) is 11.8 Å². The number of hydrogen-bond donors (Lipinski definition) is 1. The Bertz CT molecular complexity index is 839. The summed E-state index contributed by atoms with van der Waals surface area (Å²) in [6.45, 7) is 2.63. The fourth-order valence-corrected chi connectivity index (χ4v) is 3.67. The van der Waals surface area contributed by atoms with Crippen LogP contribution in [0.3, 0.4) is 0 Å². The van der Waals surface area contributed by atoms with Crippen molar-refractivity contribution in [2.24, 2.45) is 0 Å². The minimum Gasteiger partial charge on any atom is -0.465 e. The van der Waals surface area contributed by atoms with Crippen LogP contribution in [0.15, 0.2) is 47.4 Å². The Hall–Kier alpha value is -2.22. The molecule has 1 fully saturated rings. The number of morpholine rings is 1. The maximum Gasteiger partial charge on any atom is 0.340 e. The zero-order valence-corrected chi connectivity index (χ0v) is 17.0. The number of carbonyl (C=O) groups excluding carboxylic acids is 2. The molecule has 3 rings (SSSR count). The summed E-state index contributed by atoms with van der Waals surface area (Å²) in [7, 11) is 1.35. The van der Waals surface area contributed by atoms with Crippen molar-refractivity contribution in [2.45, 2.75) is 4.90 Å². The number of hydrogen-bond acceptors (Lipinski definition) is 6. The van der Waals surface area contributed by atoms with E-state index in [-0.39, 0.29) is 11.7 Å². The lowest BCUT2D eigenvalue weighted by Crippen LogP contribution is -2.37. The van der Waals surface area contributed by atoms with Crippen LogP contribution in [0, 0.1) is 0 Å². The summed E-state index contributed by atoms with van der Waals surface area (Å²) >= 11 is 7.28. The van der Waals surface area contributed by atoms with Crippen LogP contribution in [-0.4, -0.2) is 51.0 Å². The molecular formula is C20H21ClN2O4S. The van der Waals surface area contributed by atoms with E-state index in [1.165, 1.54) is 18.9 Å². The number of esters is 1. The van der Waals surface area contributed by atoms with E-state index < -0.39 is 5.97 Å². The topological polar surface area (TPSA) is 67.9 Å². The number of nitrogens with zero attached hydrogens (tertiary/aromatic N) is 1. The predicted molar refractivity (Wildman–Crippen MR) is 112 cm³/mol. The molecule has 2 aromatic rings. The molecule has 6 nitrogen and oxygen atoms in total. The van der Waals surface area contributed by atoms with Gasteiger partial charge in [0.2, 0.25) is 5.91 Å². The maximum atomic E-state index is 12.3. The van der Waals surface area contributed by atoms with Crippen LogP contribution in [-0.2, 0) is 14.3 Å². The molecule has 0 aromatic heterocycles. The lowest BCUT2D eigenvalue weighted by Gasteiger charge is -2.30. The third-order valence-corrected chi connectivity index (χ3v) is 5.48. The summed E-state index contributed by atoms with van der Waals surface area (Å²) in [4.78, 5) is 27.6. The lowest BCUT2D eigenvalue weighted by molar-refractivity contribution is -0.113. The van der Waals surface area contributed by atoms with E-state index in [9.17, 15) is 9.59 Å². The molecule has 0 unspecified atom stereocenters. The highest BCUT2D eigenvalue weighted by atomic mass is 35.5. The molecule has 0 aliphatic carbocycles. The molecule has 1 saturated heterocycles. The summed E-state index contributed by atoms with van der Waals surface area (Å²) in [6.07, 6.45) is 0. The predicted octanol–water partition coefficient (Wildman–Crippen LogP) is 3.69. The van der Waals surface area contributed by atoms with Gasteiger partial charge in [-0.05, 0) is 42.5 Å². The second kappa shape index (κ2) is 9.82. The average molecular weight is 421 g/mol. The van der Waals surface area contributed by atoms with E-state index in [0.717, 1.165) is 10.6 Å². The molecule has 148 valence electrons. The van der Waals surface area contributed by atoms with Crippen LogP contribution in [0.1, 0.15) is 10.4 Å². The Morgan fingerprint density at radius 3 is 2.57 bits per heavy atom. The van der Waals surface area contributed by atoms with Crippen molar-refractivity contribution in [3.8, 4) is 0 Å². The molecule has 1 aliphatic heterocycles. The Kier molecular flexibility index (Phi) is 7.19. The molecule has 1 aliphatic rings. The molecule has 0 atom stereocenters. The average Bonchev–Trinajstić information content (AvgIpc) is 2.73. The fourth-order valence-electron chi connectivity index (χ4n) is 2.84. The van der Waals surface area contributed by atoms with Crippen LogP contribution in [0.4, 0.5) is 11.4 Å². The molecular weight excluding hydrogens is 400 g/mol. The number of benzene rings is 2. The number of carbonyl (C=O) groups is 2. The number of ether oxygens (including phenoxy) is 2. The smallest absolute Gasteiger partial charge is 0.340 e. The van der Waals surface area contributed by atoms with Gasteiger partial charge >= 0.3 is 5.97 Å². The van der Waals surface area contributed by atoms with Gasteiger partial charge in [0.1, 0.15) is 0 Å². The Morgan fingerprint density at radius 1 is 1.18 bits per heavy atom. The van der Waals surface area contributed by atoms with E-state index >= 15 is 0 Å². The number of nitrogens with one attached hydrogen (secondary N) is 1. The van der Waals surface area contributed by atoms with E-state index in [1.54, 1.807) is 24.3 Å². The number of halogens is 1. The summed E-state index contributed by atoms with van der Waals surface area (Å²) in [5.74, 6) is -0.344. The van der Waals surface area contributed by atoms with Gasteiger partial charge in [-0.2, -0.15) is 0 Å². The van der Waals surface area contributed by atoms with Crippen LogP contribution in [0.2, 0.25) is 5.02 Å². The molecule has 0 bridgehead atoms. The molecule has 0 spiro atoms. The highest BCUT2D eigenvalue weighted by molar-refractivity contribution is 8.00. The van der Waals surface area contributed by atoms with Crippen molar-refractivity contribution in [2.75, 3.05) is 49.4 Å². The van der Waals surface area contributed by atoms with E-state index in [4.69, 9.17) is 21.1 Å². The number of anilines is 2. The minimum absolute atomic E-state index is 0.158. The normalized spacial score (nSPS) is 13.9. The standard InChI is InChI=1S/C20H21ClN2O4S/c1-26-20(25)17-12-15(4-7-18(17)23-8-10-27-11-9-23)22-19(24)13-28-16-5-2-14(21)3-6-16/h2-7,12H,8-11,13H2,1H3,(H,22,24). The number of rotatable bonds is 6. The van der Waals surface area contributed by atoms with Gasteiger partial charge in [0.05, 0.1) is 37.3 Å². The molecule has 0 saturated carbocycles. The summed E-state index contributed by atoms with van der Waals surface area (Å²) < 4.78 is 10.3. The first-order chi connectivity index (χ1) is 13.6. The number of methoxy groups -OCH3 is 1. The molecule has 8 heteroatoms. The monoisotopic (exact) mass is 420 g/mol. The van der Waals surface area contributed by atoms with E-state index in [1.807, 2.05) is 18.2 Å². The van der Waals surface area contributed by atoms with Crippen LogP contribution in [0.25, 0.3) is 0 Å². The van der Waals surface area contributed by atoms with Crippen molar-refractivity contribution in [3.63, 3.8) is 0 Å². The van der Waals surface area contributed by atoms with Gasteiger partial charge < -0.3 is 19.7 Å². The molecule has 1 heterocycles. The molecule has 1 amide bonds. The van der Waals surface area contributed by atoms with Crippen molar-refractivity contribution in [1.82, 2.24) is 0 Å². The molecule has 28 heavy (non-hydrogen) atoms. The van der Waals surface area contributed by atoms with Gasteiger partial charge in [-0.25, -0.2) is 4.79 Å². The highest BCUT2D eigenvalue weighted by Gasteiger charge is 2.20. The van der Waals surface area contributed by atoms with E-state index in [0.29, 0.717) is 42.6 Å². The Balaban J connectivity index is 1.68. The molecule has 1 N–H and O–H groups in total. The van der Waals surface area contributed by atoms with Gasteiger partial charge in [-0.1, -0.05) is 11.6 Å². The maximum absolute atomic E-state index is 12.3. The van der Waals surface area contributed by atoms with Crippen LogP contribution < -0.4 is 10.2 Å². The fraction of sp³-hybridized carbons (Fsp3) is 0.300. The zero-order chi connectivity index (χ0) is 19.9. The summed E-state index contributed by atoms with van der Waals surface area (Å²) in [6, 6.07) is 12.6. The van der Waals surface area contributed by atoms with Crippen molar-refractivity contribution in [3.05, 3.63) is 53.1 Å². The van der Waals surface area contributed by atoms with Gasteiger partial charge in [0, 0.05) is 28.7 Å². The van der Waals surface area contributed by atoms with Gasteiger partial charge in [0.25, 0.3) is 0 Å².